The number of rotatable bonds is 6. The van der Waals surface area contributed by atoms with Gasteiger partial charge in [0.25, 0.3) is 0 Å². The van der Waals surface area contributed by atoms with Crippen molar-refractivity contribution in [3.63, 3.8) is 0 Å². The maximum absolute atomic E-state index is 9.29. The lowest BCUT2D eigenvalue weighted by molar-refractivity contribution is 0.157. The molecule has 0 aromatic heterocycles. The van der Waals surface area contributed by atoms with Crippen molar-refractivity contribution in [2.75, 3.05) is 19.7 Å². The Hall–Kier alpha value is -0.900. The summed E-state index contributed by atoms with van der Waals surface area (Å²) >= 11 is 0. The molecule has 3 nitrogen and oxygen atoms in total. The third kappa shape index (κ3) is 4.89. The Kier molecular flexibility index (Phi) is 6.51. The van der Waals surface area contributed by atoms with Crippen molar-refractivity contribution in [2.24, 2.45) is 11.7 Å². The number of benzene rings is 1. The van der Waals surface area contributed by atoms with Gasteiger partial charge >= 0.3 is 0 Å². The van der Waals surface area contributed by atoms with Crippen molar-refractivity contribution in [1.82, 2.24) is 4.90 Å². The van der Waals surface area contributed by atoms with Crippen molar-refractivity contribution < 1.29 is 5.11 Å². The van der Waals surface area contributed by atoms with Crippen LogP contribution in [0.3, 0.4) is 0 Å². The largest absolute Gasteiger partial charge is 0.395 e. The first-order valence-corrected chi connectivity index (χ1v) is 7.92. The standard InChI is InChI=1S/C17H28N2O/c18-17-10-6-2-5-9-16(17)14-19(11-12-20)13-15-7-3-1-4-8-15/h1,3-4,7-8,16-17,20H,2,5-6,9-14,18H2. The third-order valence-electron chi connectivity index (χ3n) is 4.38. The zero-order valence-corrected chi connectivity index (χ0v) is 12.4. The number of hydrogen-bond acceptors (Lipinski definition) is 3. The summed E-state index contributed by atoms with van der Waals surface area (Å²) in [7, 11) is 0. The van der Waals surface area contributed by atoms with Gasteiger partial charge in [-0.25, -0.2) is 0 Å². The minimum absolute atomic E-state index is 0.217. The van der Waals surface area contributed by atoms with Crippen molar-refractivity contribution >= 4 is 0 Å². The van der Waals surface area contributed by atoms with Gasteiger partial charge in [0.15, 0.2) is 0 Å². The van der Waals surface area contributed by atoms with E-state index in [0.717, 1.165) is 26.1 Å². The molecule has 0 aliphatic heterocycles. The fraction of sp³-hybridized carbons (Fsp3) is 0.647. The van der Waals surface area contributed by atoms with Gasteiger partial charge in [-0.1, -0.05) is 49.6 Å². The number of hydrogen-bond donors (Lipinski definition) is 2. The van der Waals surface area contributed by atoms with E-state index in [9.17, 15) is 5.11 Å². The predicted octanol–water partition coefficient (Wildman–Crippen LogP) is 2.39. The van der Waals surface area contributed by atoms with E-state index in [1.165, 1.54) is 31.2 Å². The van der Waals surface area contributed by atoms with Crippen LogP contribution in [0.4, 0.5) is 0 Å². The van der Waals surface area contributed by atoms with E-state index in [2.05, 4.69) is 29.2 Å². The van der Waals surface area contributed by atoms with Gasteiger partial charge in [0.05, 0.1) is 6.61 Å². The molecule has 1 aliphatic rings. The summed E-state index contributed by atoms with van der Waals surface area (Å²) in [6.45, 7) is 2.87. The molecule has 0 heterocycles. The fourth-order valence-electron chi connectivity index (χ4n) is 3.19. The molecule has 1 fully saturated rings. The Balaban J connectivity index is 1.93. The van der Waals surface area contributed by atoms with Gasteiger partial charge in [-0.2, -0.15) is 0 Å². The topological polar surface area (TPSA) is 49.5 Å². The monoisotopic (exact) mass is 276 g/mol. The van der Waals surface area contributed by atoms with Crippen LogP contribution in [0, 0.1) is 5.92 Å². The van der Waals surface area contributed by atoms with Crippen LogP contribution in [-0.4, -0.2) is 35.7 Å². The SMILES string of the molecule is NC1CCCCCC1CN(CCO)Cc1ccccc1. The molecule has 2 atom stereocenters. The lowest BCUT2D eigenvalue weighted by Gasteiger charge is -2.29. The Morgan fingerprint density at radius 3 is 2.60 bits per heavy atom. The first-order valence-electron chi connectivity index (χ1n) is 7.92. The van der Waals surface area contributed by atoms with Crippen LogP contribution in [0.5, 0.6) is 0 Å². The second-order valence-corrected chi connectivity index (χ2v) is 6.01. The molecule has 3 N–H and O–H groups in total. The first-order chi connectivity index (χ1) is 9.79. The Morgan fingerprint density at radius 1 is 1.10 bits per heavy atom. The summed E-state index contributed by atoms with van der Waals surface area (Å²) in [6, 6.07) is 10.8. The van der Waals surface area contributed by atoms with Gasteiger partial charge < -0.3 is 10.8 Å². The molecular formula is C17H28N2O. The molecule has 2 unspecified atom stereocenters. The van der Waals surface area contributed by atoms with Crippen LogP contribution in [0.15, 0.2) is 30.3 Å². The Bertz CT molecular complexity index is 369. The summed E-state index contributed by atoms with van der Waals surface area (Å²) in [5.41, 5.74) is 7.64. The molecular weight excluding hydrogens is 248 g/mol. The van der Waals surface area contributed by atoms with Crippen LogP contribution in [0.2, 0.25) is 0 Å². The molecule has 0 radical (unpaired) electrons. The van der Waals surface area contributed by atoms with E-state index >= 15 is 0 Å². The highest BCUT2D eigenvalue weighted by Gasteiger charge is 2.22. The molecule has 0 spiro atoms. The summed E-state index contributed by atoms with van der Waals surface area (Å²) in [5, 5.41) is 9.29. The zero-order chi connectivity index (χ0) is 14.2. The predicted molar refractivity (Wildman–Crippen MR) is 83.4 cm³/mol. The average molecular weight is 276 g/mol. The lowest BCUT2D eigenvalue weighted by atomic mass is 9.94. The smallest absolute Gasteiger partial charge is 0.0558 e. The normalized spacial score (nSPS) is 23.8. The van der Waals surface area contributed by atoms with Gasteiger partial charge in [0, 0.05) is 25.7 Å². The minimum Gasteiger partial charge on any atom is -0.395 e. The number of aliphatic hydroxyl groups is 1. The van der Waals surface area contributed by atoms with Crippen LogP contribution in [0.1, 0.15) is 37.7 Å². The van der Waals surface area contributed by atoms with Crippen LogP contribution in [0.25, 0.3) is 0 Å². The van der Waals surface area contributed by atoms with Crippen molar-refractivity contribution in [1.29, 1.82) is 0 Å². The molecule has 20 heavy (non-hydrogen) atoms. The highest BCUT2D eigenvalue weighted by atomic mass is 16.3. The number of aliphatic hydroxyl groups excluding tert-OH is 1. The highest BCUT2D eigenvalue weighted by molar-refractivity contribution is 5.14. The van der Waals surface area contributed by atoms with E-state index < -0.39 is 0 Å². The zero-order valence-electron chi connectivity index (χ0n) is 12.4. The maximum atomic E-state index is 9.29. The van der Waals surface area contributed by atoms with E-state index in [0.29, 0.717) is 12.0 Å². The van der Waals surface area contributed by atoms with Gasteiger partial charge in [-0.05, 0) is 24.3 Å². The lowest BCUT2D eigenvalue weighted by Crippen LogP contribution is -2.39. The second kappa shape index (κ2) is 8.40. The second-order valence-electron chi connectivity index (χ2n) is 6.01. The molecule has 0 saturated heterocycles. The maximum Gasteiger partial charge on any atom is 0.0558 e. The summed E-state index contributed by atoms with van der Waals surface area (Å²) in [6.07, 6.45) is 6.29. The molecule has 0 amide bonds. The summed E-state index contributed by atoms with van der Waals surface area (Å²) < 4.78 is 0. The number of nitrogens with two attached hydrogens (primary N) is 1. The average Bonchev–Trinajstić information content (AvgIpc) is 2.66. The van der Waals surface area contributed by atoms with E-state index in [1.54, 1.807) is 0 Å². The van der Waals surface area contributed by atoms with Crippen molar-refractivity contribution in [2.45, 2.75) is 44.7 Å². The molecule has 1 aromatic carbocycles. The van der Waals surface area contributed by atoms with E-state index in [-0.39, 0.29) is 6.61 Å². The number of nitrogens with zero attached hydrogens (tertiary/aromatic N) is 1. The van der Waals surface area contributed by atoms with Crippen LogP contribution >= 0.6 is 0 Å². The fourth-order valence-corrected chi connectivity index (χ4v) is 3.19. The van der Waals surface area contributed by atoms with Crippen molar-refractivity contribution in [3.05, 3.63) is 35.9 Å². The van der Waals surface area contributed by atoms with E-state index in [1.807, 2.05) is 6.07 Å². The molecule has 1 saturated carbocycles. The van der Waals surface area contributed by atoms with Crippen molar-refractivity contribution in [3.8, 4) is 0 Å². The van der Waals surface area contributed by atoms with Gasteiger partial charge in [0.1, 0.15) is 0 Å². The Labute approximate surface area is 122 Å². The molecule has 0 bridgehead atoms. The third-order valence-corrected chi connectivity index (χ3v) is 4.38. The molecule has 3 heteroatoms. The minimum atomic E-state index is 0.217. The quantitative estimate of drug-likeness (QED) is 0.784. The Morgan fingerprint density at radius 2 is 1.85 bits per heavy atom. The molecule has 112 valence electrons. The molecule has 1 aliphatic carbocycles. The van der Waals surface area contributed by atoms with Crippen LogP contribution < -0.4 is 5.73 Å². The van der Waals surface area contributed by atoms with Crippen LogP contribution in [-0.2, 0) is 6.54 Å². The van der Waals surface area contributed by atoms with Gasteiger partial charge in [-0.3, -0.25) is 4.90 Å². The van der Waals surface area contributed by atoms with Gasteiger partial charge in [0.2, 0.25) is 0 Å². The molecule has 1 aromatic rings. The van der Waals surface area contributed by atoms with Gasteiger partial charge in [-0.15, -0.1) is 0 Å². The summed E-state index contributed by atoms with van der Waals surface area (Å²) in [5.74, 6) is 0.577. The van der Waals surface area contributed by atoms with E-state index in [4.69, 9.17) is 5.73 Å². The summed E-state index contributed by atoms with van der Waals surface area (Å²) in [4.78, 5) is 2.35. The first kappa shape index (κ1) is 15.5. The molecule has 2 rings (SSSR count). The highest BCUT2D eigenvalue weighted by Crippen LogP contribution is 2.23.